The number of nitrogens with zero attached hydrogens (tertiary/aromatic N) is 4. The number of halogens is 1. The molecule has 2 fully saturated rings. The molecule has 0 spiro atoms. The van der Waals surface area contributed by atoms with E-state index in [1.807, 2.05) is 0 Å². The zero-order valence-corrected chi connectivity index (χ0v) is 13.4. The summed E-state index contributed by atoms with van der Waals surface area (Å²) in [5, 5.41) is 3.82. The number of morpholine rings is 1. The lowest BCUT2D eigenvalue weighted by molar-refractivity contribution is -0.132. The quantitative estimate of drug-likeness (QED) is 0.785. The first-order valence-corrected chi connectivity index (χ1v) is 7.87. The molecule has 0 saturated carbocycles. The van der Waals surface area contributed by atoms with Crippen LogP contribution in [0.15, 0.2) is 28.8 Å². The third-order valence-corrected chi connectivity index (χ3v) is 4.37. The first-order valence-electron chi connectivity index (χ1n) is 7.87. The minimum Gasteiger partial charge on any atom is -0.377 e. The molecule has 25 heavy (non-hydrogen) atoms. The molecule has 0 bridgehead atoms. The molecule has 8 nitrogen and oxygen atoms in total. The molecule has 2 atom stereocenters. The van der Waals surface area contributed by atoms with Crippen LogP contribution in [0, 0.1) is 5.82 Å². The summed E-state index contributed by atoms with van der Waals surface area (Å²) in [7, 11) is 0. The topological polar surface area (TPSA) is 88.8 Å². The van der Waals surface area contributed by atoms with E-state index in [2.05, 4.69) is 10.1 Å². The van der Waals surface area contributed by atoms with Crippen molar-refractivity contribution < 1.29 is 23.2 Å². The molecule has 4 rings (SSSR count). The number of carbonyl (C=O) groups is 2. The van der Waals surface area contributed by atoms with E-state index < -0.39 is 23.9 Å². The fourth-order valence-electron chi connectivity index (χ4n) is 3.05. The minimum atomic E-state index is -0.722. The van der Waals surface area contributed by atoms with Gasteiger partial charge >= 0.3 is 6.03 Å². The van der Waals surface area contributed by atoms with Gasteiger partial charge in [-0.3, -0.25) is 4.79 Å². The maximum absolute atomic E-state index is 13.3. The molecule has 3 heterocycles. The van der Waals surface area contributed by atoms with E-state index in [4.69, 9.17) is 9.26 Å². The Morgan fingerprint density at radius 1 is 1.36 bits per heavy atom. The molecule has 9 heteroatoms. The standard InChI is InChI=1S/C16H15FN4O4/c1-9(21-15(22)12-8-24-6-5-20(12)16(21)23)14-18-13(19-25-14)10-3-2-4-11(17)7-10/h2-4,7,9,12H,5-6,8H2,1H3/t9-,12+/m1/s1. The van der Waals surface area contributed by atoms with E-state index in [1.165, 1.54) is 23.1 Å². The van der Waals surface area contributed by atoms with Crippen LogP contribution in [0.25, 0.3) is 11.4 Å². The Hall–Kier alpha value is -2.81. The number of aromatic nitrogens is 2. The molecule has 2 aliphatic heterocycles. The maximum atomic E-state index is 13.3. The first kappa shape index (κ1) is 15.7. The van der Waals surface area contributed by atoms with Crippen molar-refractivity contribution >= 4 is 11.9 Å². The second-order valence-electron chi connectivity index (χ2n) is 5.92. The maximum Gasteiger partial charge on any atom is 0.328 e. The van der Waals surface area contributed by atoms with Gasteiger partial charge in [-0.2, -0.15) is 4.98 Å². The Bertz CT molecular complexity index is 815. The third kappa shape index (κ3) is 2.56. The summed E-state index contributed by atoms with van der Waals surface area (Å²) in [6.45, 7) is 2.60. The Morgan fingerprint density at radius 3 is 2.96 bits per heavy atom. The summed E-state index contributed by atoms with van der Waals surface area (Å²) in [6.07, 6.45) is 0. The molecule has 1 aromatic carbocycles. The molecule has 2 aliphatic rings. The molecule has 1 aromatic heterocycles. The lowest BCUT2D eigenvalue weighted by Crippen LogP contribution is -2.45. The highest BCUT2D eigenvalue weighted by atomic mass is 19.1. The summed E-state index contributed by atoms with van der Waals surface area (Å²) in [4.78, 5) is 31.9. The summed E-state index contributed by atoms with van der Waals surface area (Å²) < 4.78 is 23.8. The van der Waals surface area contributed by atoms with Crippen molar-refractivity contribution in [3.63, 3.8) is 0 Å². The Labute approximate surface area is 142 Å². The van der Waals surface area contributed by atoms with E-state index in [1.54, 1.807) is 13.0 Å². The van der Waals surface area contributed by atoms with Crippen LogP contribution in [-0.4, -0.2) is 57.7 Å². The van der Waals surface area contributed by atoms with Crippen molar-refractivity contribution in [3.05, 3.63) is 36.0 Å². The minimum absolute atomic E-state index is 0.113. The number of imide groups is 1. The monoisotopic (exact) mass is 346 g/mol. The largest absolute Gasteiger partial charge is 0.377 e. The Kier molecular flexibility index (Phi) is 3.72. The summed E-state index contributed by atoms with van der Waals surface area (Å²) >= 11 is 0. The highest BCUT2D eigenvalue weighted by Gasteiger charge is 2.49. The average Bonchev–Trinajstić information content (AvgIpc) is 3.20. The van der Waals surface area contributed by atoms with E-state index in [0.29, 0.717) is 18.7 Å². The smallest absolute Gasteiger partial charge is 0.328 e. The number of fused-ring (bicyclic) bond motifs is 1. The number of benzene rings is 1. The van der Waals surface area contributed by atoms with Gasteiger partial charge in [-0.25, -0.2) is 14.1 Å². The van der Waals surface area contributed by atoms with Crippen molar-refractivity contribution in [3.8, 4) is 11.4 Å². The van der Waals surface area contributed by atoms with Gasteiger partial charge in [0.2, 0.25) is 11.7 Å². The van der Waals surface area contributed by atoms with Crippen molar-refractivity contribution in [1.29, 1.82) is 0 Å². The number of hydrogen-bond acceptors (Lipinski definition) is 6. The molecule has 2 aromatic rings. The number of carbonyl (C=O) groups excluding carboxylic acids is 2. The normalized spacial score (nSPS) is 21.6. The Balaban J connectivity index is 1.60. The van der Waals surface area contributed by atoms with Gasteiger partial charge in [0.05, 0.1) is 13.2 Å². The zero-order chi connectivity index (χ0) is 17.6. The first-order chi connectivity index (χ1) is 12.1. The van der Waals surface area contributed by atoms with Gasteiger partial charge in [0.1, 0.15) is 17.9 Å². The van der Waals surface area contributed by atoms with Crippen LogP contribution in [0.4, 0.5) is 9.18 Å². The van der Waals surface area contributed by atoms with E-state index in [9.17, 15) is 14.0 Å². The van der Waals surface area contributed by atoms with Gasteiger partial charge in [0.15, 0.2) is 0 Å². The van der Waals surface area contributed by atoms with Crippen LogP contribution in [0.3, 0.4) is 0 Å². The van der Waals surface area contributed by atoms with Gasteiger partial charge in [0.25, 0.3) is 5.91 Å². The molecule has 2 saturated heterocycles. The van der Waals surface area contributed by atoms with Crippen molar-refractivity contribution in [1.82, 2.24) is 19.9 Å². The predicted molar refractivity (Wildman–Crippen MR) is 81.7 cm³/mol. The molecule has 130 valence electrons. The molecule has 0 N–H and O–H groups in total. The summed E-state index contributed by atoms with van der Waals surface area (Å²) in [5.74, 6) is -0.454. The Morgan fingerprint density at radius 2 is 2.20 bits per heavy atom. The number of ether oxygens (including phenoxy) is 1. The number of hydrogen-bond donors (Lipinski definition) is 0. The van der Waals surface area contributed by atoms with Crippen molar-refractivity contribution in [2.45, 2.75) is 19.0 Å². The fourth-order valence-corrected chi connectivity index (χ4v) is 3.05. The van der Waals surface area contributed by atoms with Gasteiger partial charge in [-0.05, 0) is 19.1 Å². The molecular weight excluding hydrogens is 331 g/mol. The van der Waals surface area contributed by atoms with Crippen LogP contribution >= 0.6 is 0 Å². The van der Waals surface area contributed by atoms with Crippen LogP contribution in [0.5, 0.6) is 0 Å². The van der Waals surface area contributed by atoms with E-state index in [0.717, 1.165) is 4.90 Å². The molecule has 3 amide bonds. The lowest BCUT2D eigenvalue weighted by Gasteiger charge is -2.26. The van der Waals surface area contributed by atoms with Gasteiger partial charge in [-0.1, -0.05) is 17.3 Å². The predicted octanol–water partition coefficient (Wildman–Crippen LogP) is 1.60. The van der Waals surface area contributed by atoms with Gasteiger partial charge in [0, 0.05) is 12.1 Å². The highest BCUT2D eigenvalue weighted by Crippen LogP contribution is 2.30. The number of amides is 3. The van der Waals surface area contributed by atoms with Crippen LogP contribution < -0.4 is 0 Å². The van der Waals surface area contributed by atoms with Gasteiger partial charge in [-0.15, -0.1) is 0 Å². The molecule has 0 aliphatic carbocycles. The molecule has 0 unspecified atom stereocenters. The van der Waals surface area contributed by atoms with E-state index in [-0.39, 0.29) is 24.2 Å². The van der Waals surface area contributed by atoms with E-state index >= 15 is 0 Å². The molecule has 0 radical (unpaired) electrons. The SMILES string of the molecule is C[C@H](c1nc(-c2cccc(F)c2)no1)N1C(=O)[C@@H]2COCCN2C1=O. The van der Waals surface area contributed by atoms with Crippen molar-refractivity contribution in [2.24, 2.45) is 0 Å². The molecular formula is C16H15FN4O4. The lowest BCUT2D eigenvalue weighted by atomic mass is 10.2. The fraction of sp³-hybridized carbons (Fsp3) is 0.375. The summed E-state index contributed by atoms with van der Waals surface area (Å²) in [6, 6.07) is 4.06. The van der Waals surface area contributed by atoms with Crippen molar-refractivity contribution in [2.75, 3.05) is 19.8 Å². The van der Waals surface area contributed by atoms with Gasteiger partial charge < -0.3 is 14.2 Å². The zero-order valence-electron chi connectivity index (χ0n) is 13.4. The summed E-state index contributed by atoms with van der Waals surface area (Å²) in [5.41, 5.74) is 0.451. The van der Waals surface area contributed by atoms with Crippen LogP contribution in [-0.2, 0) is 9.53 Å². The highest BCUT2D eigenvalue weighted by molar-refractivity contribution is 6.04. The average molecular weight is 346 g/mol. The number of urea groups is 1. The number of rotatable bonds is 3. The van der Waals surface area contributed by atoms with Crippen LogP contribution in [0.2, 0.25) is 0 Å². The third-order valence-electron chi connectivity index (χ3n) is 4.37. The van der Waals surface area contributed by atoms with Crippen LogP contribution in [0.1, 0.15) is 18.9 Å². The second kappa shape index (κ2) is 5.92. The second-order valence-corrected chi connectivity index (χ2v) is 5.92.